The van der Waals surface area contributed by atoms with E-state index in [1.165, 1.54) is 12.1 Å². The van der Waals surface area contributed by atoms with E-state index in [4.69, 9.17) is 10.5 Å². The summed E-state index contributed by atoms with van der Waals surface area (Å²) < 4.78 is 5.39. The average molecular weight is 209 g/mol. The number of phenolic OH excluding ortho intramolecular Hbond substituents is 1. The van der Waals surface area contributed by atoms with E-state index in [9.17, 15) is 10.2 Å². The Labute approximate surface area is 88.3 Å². The zero-order chi connectivity index (χ0) is 10.8. The molecule has 4 heteroatoms. The van der Waals surface area contributed by atoms with E-state index in [1.54, 1.807) is 6.07 Å². The molecule has 1 aliphatic heterocycles. The first-order valence-electron chi connectivity index (χ1n) is 5.06. The molecule has 2 rings (SSSR count). The maximum atomic E-state index is 10.0. The van der Waals surface area contributed by atoms with Crippen molar-refractivity contribution in [2.45, 2.75) is 25.0 Å². The predicted octanol–water partition coefficient (Wildman–Crippen LogP) is 1.19. The molecule has 1 aromatic carbocycles. The molecule has 4 nitrogen and oxygen atoms in total. The van der Waals surface area contributed by atoms with Gasteiger partial charge in [0.25, 0.3) is 0 Å². The Bertz CT molecular complexity index is 348. The number of nitrogen functional groups attached to an aromatic ring is 1. The van der Waals surface area contributed by atoms with Crippen molar-refractivity contribution in [3.05, 3.63) is 23.8 Å². The lowest BCUT2D eigenvalue weighted by Gasteiger charge is -2.19. The lowest BCUT2D eigenvalue weighted by atomic mass is 10.0. The Hall–Kier alpha value is -1.26. The number of anilines is 1. The molecule has 0 aromatic heterocycles. The number of phenols is 1. The van der Waals surface area contributed by atoms with Crippen molar-refractivity contribution in [1.82, 2.24) is 0 Å². The molecule has 0 bridgehead atoms. The number of aromatic hydroxyl groups is 1. The van der Waals surface area contributed by atoms with Crippen molar-refractivity contribution in [3.63, 3.8) is 0 Å². The molecule has 0 spiro atoms. The minimum Gasteiger partial charge on any atom is -0.508 e. The zero-order valence-electron chi connectivity index (χ0n) is 8.39. The number of rotatable bonds is 2. The van der Waals surface area contributed by atoms with Gasteiger partial charge in [-0.15, -0.1) is 0 Å². The van der Waals surface area contributed by atoms with Crippen LogP contribution in [0.1, 0.15) is 24.5 Å². The molecule has 1 fully saturated rings. The monoisotopic (exact) mass is 209 g/mol. The van der Waals surface area contributed by atoms with Crippen LogP contribution in [0.15, 0.2) is 18.2 Å². The van der Waals surface area contributed by atoms with Crippen molar-refractivity contribution >= 4 is 5.69 Å². The SMILES string of the molecule is Nc1cc(O)ccc1C(O)C1CCCO1. The Morgan fingerprint density at radius 1 is 1.47 bits per heavy atom. The maximum Gasteiger partial charge on any atom is 0.117 e. The van der Waals surface area contributed by atoms with Gasteiger partial charge in [-0.25, -0.2) is 0 Å². The summed E-state index contributed by atoms with van der Waals surface area (Å²) in [4.78, 5) is 0. The topological polar surface area (TPSA) is 75.7 Å². The lowest BCUT2D eigenvalue weighted by molar-refractivity contribution is -0.00223. The van der Waals surface area contributed by atoms with Crippen LogP contribution in [0.3, 0.4) is 0 Å². The van der Waals surface area contributed by atoms with Crippen LogP contribution in [0, 0.1) is 0 Å². The normalized spacial score (nSPS) is 22.9. The fraction of sp³-hybridized carbons (Fsp3) is 0.455. The Morgan fingerprint density at radius 3 is 2.87 bits per heavy atom. The Balaban J connectivity index is 2.20. The van der Waals surface area contributed by atoms with Crippen LogP contribution in [-0.2, 0) is 4.74 Å². The molecule has 2 unspecified atom stereocenters. The van der Waals surface area contributed by atoms with Gasteiger partial charge in [0.05, 0.1) is 6.10 Å². The molecule has 1 heterocycles. The second kappa shape index (κ2) is 4.08. The van der Waals surface area contributed by atoms with E-state index in [0.717, 1.165) is 12.8 Å². The minimum absolute atomic E-state index is 0.107. The molecule has 82 valence electrons. The quantitative estimate of drug-likeness (QED) is 0.639. The summed E-state index contributed by atoms with van der Waals surface area (Å²) in [5.74, 6) is 0.107. The van der Waals surface area contributed by atoms with Crippen molar-refractivity contribution in [2.24, 2.45) is 0 Å². The van der Waals surface area contributed by atoms with Crippen molar-refractivity contribution in [3.8, 4) is 5.75 Å². The van der Waals surface area contributed by atoms with Crippen LogP contribution >= 0.6 is 0 Å². The fourth-order valence-electron chi connectivity index (χ4n) is 1.88. The summed E-state index contributed by atoms with van der Waals surface area (Å²) in [5.41, 5.74) is 6.74. The van der Waals surface area contributed by atoms with E-state index < -0.39 is 6.10 Å². The van der Waals surface area contributed by atoms with Crippen molar-refractivity contribution in [1.29, 1.82) is 0 Å². The summed E-state index contributed by atoms with van der Waals surface area (Å²) in [6.45, 7) is 0.694. The summed E-state index contributed by atoms with van der Waals surface area (Å²) in [5, 5.41) is 19.2. The Morgan fingerprint density at radius 2 is 2.27 bits per heavy atom. The Kier molecular flexibility index (Phi) is 2.79. The van der Waals surface area contributed by atoms with Gasteiger partial charge in [-0.3, -0.25) is 0 Å². The van der Waals surface area contributed by atoms with Gasteiger partial charge in [0.1, 0.15) is 11.9 Å². The highest BCUT2D eigenvalue weighted by Gasteiger charge is 2.26. The van der Waals surface area contributed by atoms with Crippen LogP contribution in [0.2, 0.25) is 0 Å². The third-order valence-corrected chi connectivity index (χ3v) is 2.71. The molecule has 1 aliphatic rings. The van der Waals surface area contributed by atoms with Gasteiger partial charge in [-0.2, -0.15) is 0 Å². The number of hydrogen-bond donors (Lipinski definition) is 3. The summed E-state index contributed by atoms with van der Waals surface area (Å²) >= 11 is 0. The van der Waals surface area contributed by atoms with E-state index in [2.05, 4.69) is 0 Å². The van der Waals surface area contributed by atoms with Gasteiger partial charge in [-0.1, -0.05) is 6.07 Å². The zero-order valence-corrected chi connectivity index (χ0v) is 8.39. The molecule has 15 heavy (non-hydrogen) atoms. The summed E-state index contributed by atoms with van der Waals surface area (Å²) in [6, 6.07) is 4.59. The van der Waals surface area contributed by atoms with Gasteiger partial charge in [0.15, 0.2) is 0 Å². The van der Waals surface area contributed by atoms with Crippen LogP contribution in [0.25, 0.3) is 0 Å². The number of ether oxygens (including phenoxy) is 1. The smallest absolute Gasteiger partial charge is 0.117 e. The number of benzene rings is 1. The largest absolute Gasteiger partial charge is 0.508 e. The lowest BCUT2D eigenvalue weighted by Crippen LogP contribution is -2.18. The second-order valence-corrected chi connectivity index (χ2v) is 3.81. The van der Waals surface area contributed by atoms with Gasteiger partial charge >= 0.3 is 0 Å². The molecule has 0 aliphatic carbocycles. The third-order valence-electron chi connectivity index (χ3n) is 2.71. The molecular formula is C11H15NO3. The third kappa shape index (κ3) is 2.06. The standard InChI is InChI=1S/C11H15NO3/c12-9-6-7(13)3-4-8(9)11(14)10-2-1-5-15-10/h3-4,6,10-11,13-14H,1-2,5,12H2. The number of nitrogens with two attached hydrogens (primary N) is 1. The molecular weight excluding hydrogens is 194 g/mol. The first-order chi connectivity index (χ1) is 7.18. The second-order valence-electron chi connectivity index (χ2n) is 3.81. The highest BCUT2D eigenvalue weighted by Crippen LogP contribution is 2.31. The van der Waals surface area contributed by atoms with Crippen LogP contribution < -0.4 is 5.73 Å². The van der Waals surface area contributed by atoms with E-state index in [1.807, 2.05) is 0 Å². The molecule has 0 radical (unpaired) electrons. The van der Waals surface area contributed by atoms with Gasteiger partial charge in [0, 0.05) is 23.9 Å². The summed E-state index contributed by atoms with van der Waals surface area (Å²) in [6.07, 6.45) is 0.950. The average Bonchev–Trinajstić information content (AvgIpc) is 2.69. The van der Waals surface area contributed by atoms with E-state index in [0.29, 0.717) is 17.9 Å². The molecule has 1 aromatic rings. The first kappa shape index (κ1) is 10.3. The van der Waals surface area contributed by atoms with Crippen molar-refractivity contribution in [2.75, 3.05) is 12.3 Å². The van der Waals surface area contributed by atoms with Gasteiger partial charge in [-0.05, 0) is 18.9 Å². The minimum atomic E-state index is -0.701. The highest BCUT2D eigenvalue weighted by atomic mass is 16.5. The number of hydrogen-bond acceptors (Lipinski definition) is 4. The highest BCUT2D eigenvalue weighted by molar-refractivity contribution is 5.52. The summed E-state index contributed by atoms with van der Waals surface area (Å²) in [7, 11) is 0. The number of aliphatic hydroxyl groups is 1. The molecule has 4 N–H and O–H groups in total. The van der Waals surface area contributed by atoms with Crippen LogP contribution in [0.4, 0.5) is 5.69 Å². The number of aliphatic hydroxyl groups excluding tert-OH is 1. The predicted molar refractivity (Wildman–Crippen MR) is 56.5 cm³/mol. The molecule has 0 amide bonds. The van der Waals surface area contributed by atoms with Crippen LogP contribution in [0.5, 0.6) is 5.75 Å². The molecule has 2 atom stereocenters. The fourth-order valence-corrected chi connectivity index (χ4v) is 1.88. The van der Waals surface area contributed by atoms with Crippen molar-refractivity contribution < 1.29 is 14.9 Å². The maximum absolute atomic E-state index is 10.0. The first-order valence-corrected chi connectivity index (χ1v) is 5.06. The van der Waals surface area contributed by atoms with Gasteiger partial charge < -0.3 is 20.7 Å². The molecule has 0 saturated carbocycles. The van der Waals surface area contributed by atoms with Gasteiger partial charge in [0.2, 0.25) is 0 Å². The van der Waals surface area contributed by atoms with E-state index in [-0.39, 0.29) is 11.9 Å². The van der Waals surface area contributed by atoms with E-state index >= 15 is 0 Å². The van der Waals surface area contributed by atoms with Crippen LogP contribution in [-0.4, -0.2) is 22.9 Å². The molecule has 1 saturated heterocycles.